The van der Waals surface area contributed by atoms with E-state index in [0.717, 1.165) is 17.3 Å². The maximum absolute atomic E-state index is 5.11. The second kappa shape index (κ2) is 9.23. The molecule has 0 fully saturated rings. The first-order valence-corrected chi connectivity index (χ1v) is 6.54. The van der Waals surface area contributed by atoms with Crippen molar-refractivity contribution in [2.45, 2.75) is 13.1 Å². The number of aliphatic imine (C=N–C) groups is 1. The van der Waals surface area contributed by atoms with Gasteiger partial charge in [0.25, 0.3) is 0 Å². The van der Waals surface area contributed by atoms with Gasteiger partial charge in [-0.2, -0.15) is 0 Å². The molecule has 0 aliphatic heterocycles. The molecule has 0 spiro atoms. The Hall–Kier alpha value is -1.84. The van der Waals surface area contributed by atoms with Gasteiger partial charge in [0.15, 0.2) is 5.96 Å². The number of halogens is 1. The number of methoxy groups -OCH3 is 1. The molecular weight excluding hydrogens is 397 g/mol. The summed E-state index contributed by atoms with van der Waals surface area (Å²) >= 11 is 0. The molecule has 0 atom stereocenters. The Morgan fingerprint density at radius 1 is 1.36 bits per heavy atom. The van der Waals surface area contributed by atoms with Crippen molar-refractivity contribution in [3.8, 4) is 5.88 Å². The van der Waals surface area contributed by atoms with E-state index in [9.17, 15) is 0 Å². The second-order valence-corrected chi connectivity index (χ2v) is 4.42. The van der Waals surface area contributed by atoms with E-state index < -0.39 is 0 Å². The summed E-state index contributed by atoms with van der Waals surface area (Å²) in [7, 11) is 5.27. The summed E-state index contributed by atoms with van der Waals surface area (Å²) in [5.74, 6) is 1.35. The van der Waals surface area contributed by atoms with E-state index >= 15 is 0 Å². The summed E-state index contributed by atoms with van der Waals surface area (Å²) in [5.41, 5.74) is 1.73. The summed E-state index contributed by atoms with van der Waals surface area (Å²) in [6, 6.07) is 7.48. The van der Waals surface area contributed by atoms with Crippen molar-refractivity contribution in [1.82, 2.24) is 20.4 Å². The first-order chi connectivity index (χ1) is 10.2. The Balaban J connectivity index is 0.00000242. The first-order valence-electron chi connectivity index (χ1n) is 6.54. The molecule has 22 heavy (non-hydrogen) atoms. The standard InChI is InChI=1S/C14H19N5O2.HI/c1-15-14(19(2)10-12-7-8-21-18-12)16-9-11-5-4-6-13(17-11)20-3;/h4-8H,9-10H2,1-3H3,(H,15,16);1H. The molecule has 0 aliphatic carbocycles. The Labute approximate surface area is 146 Å². The summed E-state index contributed by atoms with van der Waals surface area (Å²) in [5, 5.41) is 7.13. The molecule has 1 N–H and O–H groups in total. The minimum atomic E-state index is 0. The maximum Gasteiger partial charge on any atom is 0.213 e. The largest absolute Gasteiger partial charge is 0.481 e. The van der Waals surface area contributed by atoms with Crippen molar-refractivity contribution in [2.75, 3.05) is 21.2 Å². The van der Waals surface area contributed by atoms with Crippen molar-refractivity contribution < 1.29 is 9.26 Å². The summed E-state index contributed by atoms with van der Waals surface area (Å²) in [4.78, 5) is 10.5. The number of rotatable bonds is 5. The van der Waals surface area contributed by atoms with Crippen LogP contribution in [0.4, 0.5) is 0 Å². The van der Waals surface area contributed by atoms with Gasteiger partial charge in [0.1, 0.15) is 12.0 Å². The third-order valence-corrected chi connectivity index (χ3v) is 2.88. The molecule has 2 rings (SSSR count). The Bertz CT molecular complexity index is 589. The van der Waals surface area contributed by atoms with E-state index in [1.165, 1.54) is 0 Å². The zero-order valence-electron chi connectivity index (χ0n) is 12.8. The van der Waals surface area contributed by atoms with E-state index in [-0.39, 0.29) is 24.0 Å². The van der Waals surface area contributed by atoms with Crippen LogP contribution in [0.5, 0.6) is 5.88 Å². The molecule has 0 saturated carbocycles. The van der Waals surface area contributed by atoms with Crippen molar-refractivity contribution in [1.29, 1.82) is 0 Å². The molecule has 2 heterocycles. The number of nitrogens with zero attached hydrogens (tertiary/aromatic N) is 4. The molecule has 7 nitrogen and oxygen atoms in total. The molecule has 0 bridgehead atoms. The highest BCUT2D eigenvalue weighted by Crippen LogP contribution is 2.06. The third kappa shape index (κ3) is 5.17. The third-order valence-electron chi connectivity index (χ3n) is 2.88. The Kier molecular flexibility index (Phi) is 7.64. The number of pyridine rings is 1. The topological polar surface area (TPSA) is 75.8 Å². The lowest BCUT2D eigenvalue weighted by molar-refractivity contribution is 0.390. The molecule has 0 saturated heterocycles. The summed E-state index contributed by atoms with van der Waals surface area (Å²) in [6.45, 7) is 1.18. The zero-order chi connectivity index (χ0) is 15.1. The monoisotopic (exact) mass is 417 g/mol. The van der Waals surface area contributed by atoms with Crippen LogP contribution in [-0.4, -0.2) is 42.2 Å². The van der Waals surface area contributed by atoms with Crippen molar-refractivity contribution >= 4 is 29.9 Å². The van der Waals surface area contributed by atoms with Gasteiger partial charge in [-0.1, -0.05) is 11.2 Å². The second-order valence-electron chi connectivity index (χ2n) is 4.42. The minimum Gasteiger partial charge on any atom is -0.481 e. The van der Waals surface area contributed by atoms with Gasteiger partial charge in [-0.15, -0.1) is 24.0 Å². The van der Waals surface area contributed by atoms with Gasteiger partial charge < -0.3 is 19.5 Å². The van der Waals surface area contributed by atoms with Gasteiger partial charge in [0, 0.05) is 26.2 Å². The number of guanidine groups is 1. The Morgan fingerprint density at radius 2 is 2.18 bits per heavy atom. The van der Waals surface area contributed by atoms with Crippen LogP contribution in [0.1, 0.15) is 11.4 Å². The van der Waals surface area contributed by atoms with Gasteiger partial charge >= 0.3 is 0 Å². The van der Waals surface area contributed by atoms with E-state index in [0.29, 0.717) is 19.0 Å². The van der Waals surface area contributed by atoms with Gasteiger partial charge in [-0.05, 0) is 6.07 Å². The summed E-state index contributed by atoms with van der Waals surface area (Å²) in [6.07, 6.45) is 1.56. The predicted molar refractivity (Wildman–Crippen MR) is 94.4 cm³/mol. The Morgan fingerprint density at radius 3 is 2.82 bits per heavy atom. The first kappa shape index (κ1) is 18.2. The van der Waals surface area contributed by atoms with Crippen LogP contribution in [0.2, 0.25) is 0 Å². The van der Waals surface area contributed by atoms with E-state index in [2.05, 4.69) is 20.4 Å². The molecule has 0 radical (unpaired) electrons. The molecule has 0 amide bonds. The molecule has 0 aliphatic rings. The highest BCUT2D eigenvalue weighted by Gasteiger charge is 2.08. The fourth-order valence-electron chi connectivity index (χ4n) is 1.86. The number of hydrogen-bond donors (Lipinski definition) is 1. The van der Waals surface area contributed by atoms with Gasteiger partial charge in [0.2, 0.25) is 5.88 Å². The fourth-order valence-corrected chi connectivity index (χ4v) is 1.86. The van der Waals surface area contributed by atoms with Crippen LogP contribution in [0, 0.1) is 0 Å². The highest BCUT2D eigenvalue weighted by molar-refractivity contribution is 14.0. The van der Waals surface area contributed by atoms with E-state index in [4.69, 9.17) is 9.26 Å². The molecule has 120 valence electrons. The maximum atomic E-state index is 5.11. The van der Waals surface area contributed by atoms with E-state index in [1.54, 1.807) is 20.4 Å². The molecular formula is C14H20IN5O2. The lowest BCUT2D eigenvalue weighted by Gasteiger charge is -2.20. The SMILES string of the molecule is CN=C(NCc1cccc(OC)n1)N(C)Cc1ccon1.I. The lowest BCUT2D eigenvalue weighted by atomic mass is 10.3. The number of aromatic nitrogens is 2. The van der Waals surface area contributed by atoms with Gasteiger partial charge in [0.05, 0.1) is 25.9 Å². The van der Waals surface area contributed by atoms with E-state index in [1.807, 2.05) is 36.2 Å². The van der Waals surface area contributed by atoms with Crippen LogP contribution in [-0.2, 0) is 13.1 Å². The highest BCUT2D eigenvalue weighted by atomic mass is 127. The fraction of sp³-hybridized carbons (Fsp3) is 0.357. The summed E-state index contributed by atoms with van der Waals surface area (Å²) < 4.78 is 9.93. The van der Waals surface area contributed by atoms with Crippen LogP contribution in [0.25, 0.3) is 0 Å². The zero-order valence-corrected chi connectivity index (χ0v) is 15.1. The number of ether oxygens (including phenoxy) is 1. The quantitative estimate of drug-likeness (QED) is 0.455. The number of nitrogens with one attached hydrogen (secondary N) is 1. The van der Waals surface area contributed by atoms with Crippen LogP contribution in [0.3, 0.4) is 0 Å². The molecule has 2 aromatic rings. The van der Waals surface area contributed by atoms with Crippen LogP contribution < -0.4 is 10.1 Å². The average molecular weight is 417 g/mol. The number of hydrogen-bond acceptors (Lipinski definition) is 5. The lowest BCUT2D eigenvalue weighted by Crippen LogP contribution is -2.38. The predicted octanol–water partition coefficient (Wildman–Crippen LogP) is 1.90. The minimum absolute atomic E-state index is 0. The normalized spacial score (nSPS) is 10.8. The van der Waals surface area contributed by atoms with Gasteiger partial charge in [-0.3, -0.25) is 4.99 Å². The van der Waals surface area contributed by atoms with Crippen LogP contribution >= 0.6 is 24.0 Å². The molecule has 0 aromatic carbocycles. The molecule has 8 heteroatoms. The van der Waals surface area contributed by atoms with Crippen LogP contribution in [0.15, 0.2) is 40.0 Å². The smallest absolute Gasteiger partial charge is 0.213 e. The van der Waals surface area contributed by atoms with Crippen molar-refractivity contribution in [3.05, 3.63) is 41.9 Å². The average Bonchev–Trinajstić information content (AvgIpc) is 3.01. The molecule has 2 aromatic heterocycles. The van der Waals surface area contributed by atoms with Gasteiger partial charge in [-0.25, -0.2) is 4.98 Å². The van der Waals surface area contributed by atoms with Crippen molar-refractivity contribution in [2.24, 2.45) is 4.99 Å². The van der Waals surface area contributed by atoms with Crippen molar-refractivity contribution in [3.63, 3.8) is 0 Å². The molecule has 0 unspecified atom stereocenters.